The summed E-state index contributed by atoms with van der Waals surface area (Å²) in [4.78, 5) is 4.21. The number of nitriles is 1. The molecule has 0 fully saturated rings. The number of benzene rings is 1. The van der Waals surface area contributed by atoms with Crippen LogP contribution in [0.2, 0.25) is 0 Å². The van der Waals surface area contributed by atoms with E-state index in [9.17, 15) is 5.26 Å². The predicted octanol–water partition coefficient (Wildman–Crippen LogP) is 3.99. The summed E-state index contributed by atoms with van der Waals surface area (Å²) in [7, 11) is 2.06. The molecule has 0 radical (unpaired) electrons. The van der Waals surface area contributed by atoms with Crippen LogP contribution >= 0.6 is 0 Å². The van der Waals surface area contributed by atoms with Gasteiger partial charge in [0, 0.05) is 35.7 Å². The van der Waals surface area contributed by atoms with E-state index in [0.717, 1.165) is 16.5 Å². The Bertz CT molecular complexity index is 821. The van der Waals surface area contributed by atoms with Gasteiger partial charge >= 0.3 is 0 Å². The molecule has 1 unspecified atom stereocenters. The van der Waals surface area contributed by atoms with Gasteiger partial charge in [0.15, 0.2) is 0 Å². The number of aryl methyl sites for hydroxylation is 1. The molecule has 2 heterocycles. The standard InChI is InChI=1S/C17H17N3/c1-11(2)14(9-18)12-4-5-13-15-10-19-7-6-16(15)20(3)17(13)8-12/h4-8,10-11,14H,1-3H3. The van der Waals surface area contributed by atoms with Crippen LogP contribution in [-0.2, 0) is 7.05 Å². The first kappa shape index (κ1) is 12.7. The highest BCUT2D eigenvalue weighted by atomic mass is 14.9. The Hall–Kier alpha value is -2.34. The Kier molecular flexibility index (Phi) is 2.94. The van der Waals surface area contributed by atoms with Crippen molar-refractivity contribution in [3.63, 3.8) is 0 Å². The SMILES string of the molecule is CC(C)C(C#N)c1ccc2c3cnccc3n(C)c2c1. The Labute approximate surface area is 118 Å². The molecule has 100 valence electrons. The van der Waals surface area contributed by atoms with Crippen molar-refractivity contribution >= 4 is 21.8 Å². The van der Waals surface area contributed by atoms with Crippen LogP contribution in [0.4, 0.5) is 0 Å². The maximum absolute atomic E-state index is 9.36. The quantitative estimate of drug-likeness (QED) is 0.701. The van der Waals surface area contributed by atoms with Crippen molar-refractivity contribution in [3.05, 3.63) is 42.2 Å². The first-order valence-electron chi connectivity index (χ1n) is 6.85. The summed E-state index contributed by atoms with van der Waals surface area (Å²) < 4.78 is 2.17. The molecule has 0 saturated carbocycles. The zero-order chi connectivity index (χ0) is 14.3. The summed E-state index contributed by atoms with van der Waals surface area (Å²) in [5.41, 5.74) is 3.42. The van der Waals surface area contributed by atoms with Crippen LogP contribution in [0.1, 0.15) is 25.3 Å². The number of aromatic nitrogens is 2. The Morgan fingerprint density at radius 1 is 1.15 bits per heavy atom. The summed E-state index contributed by atoms with van der Waals surface area (Å²) in [6.45, 7) is 4.17. The third kappa shape index (κ3) is 1.77. The van der Waals surface area contributed by atoms with Gasteiger partial charge in [-0.15, -0.1) is 0 Å². The fourth-order valence-electron chi connectivity index (χ4n) is 2.87. The van der Waals surface area contributed by atoms with Crippen molar-refractivity contribution in [3.8, 4) is 6.07 Å². The lowest BCUT2D eigenvalue weighted by molar-refractivity contribution is 0.587. The molecule has 0 amide bonds. The van der Waals surface area contributed by atoms with Crippen LogP contribution in [0.15, 0.2) is 36.7 Å². The largest absolute Gasteiger partial charge is 0.344 e. The Balaban J connectivity index is 2.29. The van der Waals surface area contributed by atoms with E-state index in [1.807, 2.05) is 18.5 Å². The lowest BCUT2D eigenvalue weighted by atomic mass is 9.89. The zero-order valence-electron chi connectivity index (χ0n) is 12.0. The second kappa shape index (κ2) is 4.64. The third-order valence-electron chi connectivity index (χ3n) is 4.00. The van der Waals surface area contributed by atoms with Gasteiger partial charge in [-0.1, -0.05) is 26.0 Å². The third-order valence-corrected chi connectivity index (χ3v) is 4.00. The zero-order valence-corrected chi connectivity index (χ0v) is 12.0. The molecular weight excluding hydrogens is 246 g/mol. The summed E-state index contributed by atoms with van der Waals surface area (Å²) in [6, 6.07) is 10.8. The smallest absolute Gasteiger partial charge is 0.0736 e. The number of nitrogens with zero attached hydrogens (tertiary/aromatic N) is 3. The van der Waals surface area contributed by atoms with E-state index in [1.165, 1.54) is 10.9 Å². The Morgan fingerprint density at radius 3 is 2.65 bits per heavy atom. The van der Waals surface area contributed by atoms with E-state index in [2.05, 4.69) is 54.7 Å². The van der Waals surface area contributed by atoms with E-state index in [1.54, 1.807) is 0 Å². The second-order valence-corrected chi connectivity index (χ2v) is 5.58. The average molecular weight is 263 g/mol. The van der Waals surface area contributed by atoms with Crippen LogP contribution in [-0.4, -0.2) is 9.55 Å². The van der Waals surface area contributed by atoms with Gasteiger partial charge in [-0.3, -0.25) is 4.98 Å². The van der Waals surface area contributed by atoms with Crippen LogP contribution in [0.3, 0.4) is 0 Å². The molecular formula is C17H17N3. The molecule has 0 aliphatic carbocycles. The Morgan fingerprint density at radius 2 is 1.95 bits per heavy atom. The summed E-state index contributed by atoms with van der Waals surface area (Å²) in [5.74, 6) is 0.254. The maximum atomic E-state index is 9.36. The van der Waals surface area contributed by atoms with Crippen molar-refractivity contribution in [1.29, 1.82) is 5.26 Å². The van der Waals surface area contributed by atoms with Gasteiger partial charge in [0.25, 0.3) is 0 Å². The summed E-state index contributed by atoms with van der Waals surface area (Å²) in [5, 5.41) is 11.7. The van der Waals surface area contributed by atoms with Gasteiger partial charge in [-0.25, -0.2) is 0 Å². The van der Waals surface area contributed by atoms with Crippen LogP contribution in [0.5, 0.6) is 0 Å². The molecule has 0 saturated heterocycles. The number of pyridine rings is 1. The molecule has 3 aromatic rings. The highest BCUT2D eigenvalue weighted by molar-refractivity contribution is 6.07. The maximum Gasteiger partial charge on any atom is 0.0736 e. The molecule has 0 bridgehead atoms. The normalized spacial score (nSPS) is 12.9. The van der Waals surface area contributed by atoms with Gasteiger partial charge in [0.1, 0.15) is 0 Å². The minimum absolute atomic E-state index is 0.0597. The molecule has 0 spiro atoms. The number of hydrogen-bond donors (Lipinski definition) is 0. The molecule has 3 nitrogen and oxygen atoms in total. The van der Waals surface area contributed by atoms with Gasteiger partial charge in [-0.2, -0.15) is 5.26 Å². The first-order chi connectivity index (χ1) is 9.63. The summed E-state index contributed by atoms with van der Waals surface area (Å²) in [6.07, 6.45) is 3.72. The molecule has 2 aromatic heterocycles. The fraction of sp³-hybridized carbons (Fsp3) is 0.294. The number of rotatable bonds is 2. The molecule has 1 atom stereocenters. The van der Waals surface area contributed by atoms with Crippen LogP contribution in [0.25, 0.3) is 21.8 Å². The lowest BCUT2D eigenvalue weighted by Gasteiger charge is -2.13. The molecule has 3 rings (SSSR count). The second-order valence-electron chi connectivity index (χ2n) is 5.58. The van der Waals surface area contributed by atoms with Crippen molar-refractivity contribution < 1.29 is 0 Å². The monoisotopic (exact) mass is 263 g/mol. The van der Waals surface area contributed by atoms with Crippen molar-refractivity contribution in [1.82, 2.24) is 9.55 Å². The lowest BCUT2D eigenvalue weighted by Crippen LogP contribution is -2.04. The predicted molar refractivity (Wildman–Crippen MR) is 81.4 cm³/mol. The van der Waals surface area contributed by atoms with Gasteiger partial charge in [0.05, 0.1) is 17.5 Å². The van der Waals surface area contributed by atoms with E-state index in [-0.39, 0.29) is 5.92 Å². The van der Waals surface area contributed by atoms with E-state index in [4.69, 9.17) is 0 Å². The molecule has 3 heteroatoms. The topological polar surface area (TPSA) is 41.6 Å². The van der Waals surface area contributed by atoms with Gasteiger partial charge in [-0.05, 0) is 23.6 Å². The highest BCUT2D eigenvalue weighted by Gasteiger charge is 2.17. The average Bonchev–Trinajstić information content (AvgIpc) is 2.73. The first-order valence-corrected chi connectivity index (χ1v) is 6.85. The van der Waals surface area contributed by atoms with Crippen molar-refractivity contribution in [2.24, 2.45) is 13.0 Å². The van der Waals surface area contributed by atoms with E-state index >= 15 is 0 Å². The summed E-state index contributed by atoms with van der Waals surface area (Å²) >= 11 is 0. The fourth-order valence-corrected chi connectivity index (χ4v) is 2.87. The van der Waals surface area contributed by atoms with E-state index in [0.29, 0.717) is 5.92 Å². The highest BCUT2D eigenvalue weighted by Crippen LogP contribution is 2.31. The minimum atomic E-state index is -0.0597. The van der Waals surface area contributed by atoms with Crippen molar-refractivity contribution in [2.45, 2.75) is 19.8 Å². The number of fused-ring (bicyclic) bond motifs is 3. The van der Waals surface area contributed by atoms with Crippen LogP contribution in [0, 0.1) is 17.2 Å². The van der Waals surface area contributed by atoms with E-state index < -0.39 is 0 Å². The van der Waals surface area contributed by atoms with Crippen LogP contribution < -0.4 is 0 Å². The van der Waals surface area contributed by atoms with Gasteiger partial charge < -0.3 is 4.57 Å². The van der Waals surface area contributed by atoms with Gasteiger partial charge in [0.2, 0.25) is 0 Å². The van der Waals surface area contributed by atoms with Crippen molar-refractivity contribution in [2.75, 3.05) is 0 Å². The molecule has 1 aromatic carbocycles. The molecule has 20 heavy (non-hydrogen) atoms. The molecule has 0 N–H and O–H groups in total. The molecule has 0 aliphatic heterocycles. The number of hydrogen-bond acceptors (Lipinski definition) is 2. The molecule has 0 aliphatic rings. The minimum Gasteiger partial charge on any atom is -0.344 e.